The fourth-order valence-corrected chi connectivity index (χ4v) is 8.03. The number of hydrogen-bond donors (Lipinski definition) is 4. The number of hydrogen-bond acceptors (Lipinski definition) is 5. The van der Waals surface area contributed by atoms with Crippen LogP contribution in [0.4, 0.5) is 4.79 Å². The van der Waals surface area contributed by atoms with Crippen molar-refractivity contribution in [3.05, 3.63) is 64.7 Å². The number of rotatable bonds is 11. The molecule has 8 nitrogen and oxygen atoms in total. The van der Waals surface area contributed by atoms with E-state index in [2.05, 4.69) is 42.7 Å². The van der Waals surface area contributed by atoms with Gasteiger partial charge in [0.2, 0.25) is 5.91 Å². The molecule has 2 fully saturated rings. The van der Waals surface area contributed by atoms with Crippen LogP contribution in [0.3, 0.4) is 0 Å². The van der Waals surface area contributed by atoms with Crippen molar-refractivity contribution in [2.24, 2.45) is 17.8 Å². The summed E-state index contributed by atoms with van der Waals surface area (Å²) in [7, 11) is 1.98. The van der Waals surface area contributed by atoms with Crippen LogP contribution in [0.5, 0.6) is 0 Å². The number of para-hydroxylation sites is 1. The summed E-state index contributed by atoms with van der Waals surface area (Å²) in [5.41, 5.74) is 2.74. The van der Waals surface area contributed by atoms with Gasteiger partial charge < -0.3 is 25.7 Å². The van der Waals surface area contributed by atoms with Crippen LogP contribution in [0.1, 0.15) is 82.3 Å². The average molecular weight is 649 g/mol. The molecule has 5 rings (SSSR count). The lowest BCUT2D eigenvalue weighted by Crippen LogP contribution is -2.50. The molecule has 1 saturated carbocycles. The Labute approximate surface area is 277 Å². The number of piperidine rings is 1. The zero-order chi connectivity index (χ0) is 32.8. The lowest BCUT2D eigenvalue weighted by atomic mass is 9.72. The largest absolute Gasteiger partial charge is 0.465 e. The number of carboxylic acid groups (broad SMARTS) is 1. The lowest BCUT2D eigenvalue weighted by molar-refractivity contribution is -0.142. The average Bonchev–Trinajstić information content (AvgIpc) is 3.06. The van der Waals surface area contributed by atoms with Gasteiger partial charge in [0.1, 0.15) is 0 Å². The first-order chi connectivity index (χ1) is 22.1. The van der Waals surface area contributed by atoms with Gasteiger partial charge in [-0.05, 0) is 100 Å². The third-order valence-corrected chi connectivity index (χ3v) is 10.5. The van der Waals surface area contributed by atoms with E-state index in [-0.39, 0.29) is 30.2 Å². The lowest BCUT2D eigenvalue weighted by Gasteiger charge is -2.44. The van der Waals surface area contributed by atoms with E-state index in [1.54, 1.807) is 0 Å². The van der Waals surface area contributed by atoms with E-state index in [9.17, 15) is 19.8 Å². The van der Waals surface area contributed by atoms with Crippen LogP contribution < -0.4 is 10.6 Å². The summed E-state index contributed by atoms with van der Waals surface area (Å²) >= 11 is 6.97. The second-order valence-electron chi connectivity index (χ2n) is 13.6. The Morgan fingerprint density at radius 3 is 2.54 bits per heavy atom. The van der Waals surface area contributed by atoms with E-state index < -0.39 is 11.7 Å². The highest BCUT2D eigenvalue weighted by atomic mass is 35.5. The minimum atomic E-state index is -1.36. The quantitative estimate of drug-likeness (QED) is 0.164. The molecular weight excluding hydrogens is 600 g/mol. The molecule has 2 amide bonds. The van der Waals surface area contributed by atoms with Gasteiger partial charge in [-0.3, -0.25) is 4.79 Å². The maximum absolute atomic E-state index is 13.8. The van der Waals surface area contributed by atoms with Gasteiger partial charge in [-0.1, -0.05) is 61.8 Å². The highest BCUT2D eigenvalue weighted by Crippen LogP contribution is 2.46. The first-order valence-corrected chi connectivity index (χ1v) is 17.3. The summed E-state index contributed by atoms with van der Waals surface area (Å²) in [4.78, 5) is 32.2. The van der Waals surface area contributed by atoms with Crippen molar-refractivity contribution in [1.29, 1.82) is 0 Å². The molecule has 1 aromatic heterocycles. The zero-order valence-electron chi connectivity index (χ0n) is 27.4. The number of likely N-dealkylation sites (tertiary alicyclic amines) is 1. The number of halogens is 1. The van der Waals surface area contributed by atoms with Crippen molar-refractivity contribution >= 4 is 34.5 Å². The van der Waals surface area contributed by atoms with Crippen LogP contribution >= 0.6 is 11.6 Å². The number of aliphatic hydroxyl groups is 1. The number of nitrogens with zero attached hydrogens (tertiary/aromatic N) is 2. The molecule has 3 aromatic rings. The number of benzene rings is 2. The van der Waals surface area contributed by atoms with Gasteiger partial charge in [-0.15, -0.1) is 0 Å². The second kappa shape index (κ2) is 15.1. The second-order valence-corrected chi connectivity index (χ2v) is 14.0. The van der Waals surface area contributed by atoms with Crippen LogP contribution in [0.2, 0.25) is 5.02 Å². The van der Waals surface area contributed by atoms with E-state index in [4.69, 9.17) is 16.6 Å². The topological polar surface area (TPSA) is 115 Å². The summed E-state index contributed by atoms with van der Waals surface area (Å²) < 4.78 is 0. The minimum Gasteiger partial charge on any atom is -0.465 e. The molecule has 2 aliphatic rings. The number of fused-ring (bicyclic) bond motifs is 1. The maximum atomic E-state index is 13.8. The van der Waals surface area contributed by atoms with E-state index in [1.807, 2.05) is 42.3 Å². The van der Waals surface area contributed by atoms with Crippen molar-refractivity contribution in [2.45, 2.75) is 76.7 Å². The molecule has 1 saturated heterocycles. The van der Waals surface area contributed by atoms with Crippen molar-refractivity contribution in [2.75, 3.05) is 33.2 Å². The molecule has 9 heteroatoms. The molecular formula is C37H49ClN4O4. The van der Waals surface area contributed by atoms with Gasteiger partial charge in [0, 0.05) is 42.4 Å². The highest BCUT2D eigenvalue weighted by molar-refractivity contribution is 6.33. The molecule has 2 aromatic carbocycles. The van der Waals surface area contributed by atoms with Gasteiger partial charge in [0.05, 0.1) is 21.8 Å². The van der Waals surface area contributed by atoms with Crippen LogP contribution in [0, 0.1) is 17.8 Å². The number of pyridine rings is 1. The van der Waals surface area contributed by atoms with Crippen LogP contribution in [0.25, 0.3) is 22.2 Å². The summed E-state index contributed by atoms with van der Waals surface area (Å²) in [6.07, 6.45) is 5.11. The predicted molar refractivity (Wildman–Crippen MR) is 184 cm³/mol. The molecule has 248 valence electrons. The van der Waals surface area contributed by atoms with Gasteiger partial charge >= 0.3 is 6.09 Å². The summed E-state index contributed by atoms with van der Waals surface area (Å²) in [6, 6.07) is 15.8. The monoisotopic (exact) mass is 648 g/mol. The van der Waals surface area contributed by atoms with Crippen molar-refractivity contribution in [3.63, 3.8) is 0 Å². The Morgan fingerprint density at radius 1 is 1.07 bits per heavy atom. The van der Waals surface area contributed by atoms with Crippen molar-refractivity contribution in [3.8, 4) is 11.3 Å². The predicted octanol–water partition coefficient (Wildman–Crippen LogP) is 7.18. The number of carbonyl (C=O) groups excluding carboxylic acids is 1. The van der Waals surface area contributed by atoms with Gasteiger partial charge in [-0.25, -0.2) is 9.78 Å². The number of aromatic nitrogens is 1. The number of nitrogens with one attached hydrogen (secondary N) is 2. The molecule has 0 radical (unpaired) electrons. The third-order valence-electron chi connectivity index (χ3n) is 10.2. The van der Waals surface area contributed by atoms with Crippen molar-refractivity contribution < 1.29 is 19.8 Å². The summed E-state index contributed by atoms with van der Waals surface area (Å²) in [5, 5.41) is 29.4. The number of amides is 2. The van der Waals surface area contributed by atoms with Gasteiger partial charge in [0.15, 0.2) is 0 Å². The molecule has 2 heterocycles. The van der Waals surface area contributed by atoms with E-state index in [1.165, 1.54) is 0 Å². The maximum Gasteiger partial charge on any atom is 0.404 e. The molecule has 2 atom stereocenters. The molecule has 4 N–H and O–H groups in total. The van der Waals surface area contributed by atoms with Crippen LogP contribution in [0.15, 0.2) is 48.5 Å². The smallest absolute Gasteiger partial charge is 0.404 e. The van der Waals surface area contributed by atoms with E-state index in [0.29, 0.717) is 53.7 Å². The zero-order valence-corrected chi connectivity index (χ0v) is 28.2. The molecule has 1 aliphatic carbocycles. The fraction of sp³-hybridized carbons (Fsp3) is 0.541. The summed E-state index contributed by atoms with van der Waals surface area (Å²) in [5.74, 6) is 0.874. The fourth-order valence-electron chi connectivity index (χ4n) is 7.76. The molecule has 0 unspecified atom stereocenters. The first kappa shape index (κ1) is 34.1. The minimum absolute atomic E-state index is 0.0263. The Kier molecular flexibility index (Phi) is 11.2. The molecule has 46 heavy (non-hydrogen) atoms. The number of carbonyl (C=O) groups is 2. The van der Waals surface area contributed by atoms with Gasteiger partial charge in [-0.2, -0.15) is 0 Å². The molecule has 1 aliphatic heterocycles. The van der Waals surface area contributed by atoms with E-state index in [0.717, 1.165) is 61.5 Å². The Bertz CT molecular complexity index is 1520. The Morgan fingerprint density at radius 2 is 1.83 bits per heavy atom. The normalized spacial score (nSPS) is 21.7. The Balaban J connectivity index is 1.50. The van der Waals surface area contributed by atoms with Crippen molar-refractivity contribution in [1.82, 2.24) is 20.5 Å². The molecule has 0 spiro atoms. The van der Waals surface area contributed by atoms with E-state index >= 15 is 0 Å². The molecule has 0 bridgehead atoms. The SMILES string of the molecule is CNCC1CCC(C(=O)N2CCC[C@@H]([C@@](O)(CCCNC(=O)O)c3cccc(Cl)c3-c3ccc4cccc(C(C)C)c4n3)C2)CC1. The highest BCUT2D eigenvalue weighted by Gasteiger charge is 2.44. The van der Waals surface area contributed by atoms with Gasteiger partial charge in [0.25, 0.3) is 0 Å². The third kappa shape index (κ3) is 7.50. The van der Waals surface area contributed by atoms with Crippen LogP contribution in [-0.2, 0) is 10.4 Å². The summed E-state index contributed by atoms with van der Waals surface area (Å²) in [6.45, 7) is 6.64. The first-order valence-electron chi connectivity index (χ1n) is 16.9. The standard InChI is InChI=1S/C37H49ClN4O4/c1-24(2)29-10-4-8-26-17-18-32(41-34(26)29)33-30(11-5-12-31(33)38)37(46,19-7-20-40-36(44)45)28-9-6-21-42(23-28)35(43)27-15-13-25(14-16-27)22-39-3/h4-5,8,10-12,17-18,24-25,27-28,39-40,46H,6-7,9,13-16,19-23H2,1-3H3,(H,44,45)/t25?,27?,28-,37+/m1/s1. The van der Waals surface area contributed by atoms with Crippen LogP contribution in [-0.4, -0.2) is 65.3 Å². The Hall–Kier alpha value is -3.20.